The van der Waals surface area contributed by atoms with Crippen LogP contribution < -0.4 is 10.1 Å². The third-order valence-electron chi connectivity index (χ3n) is 2.98. The van der Waals surface area contributed by atoms with Gasteiger partial charge in [0.1, 0.15) is 29.3 Å². The molecule has 0 heterocycles. The first kappa shape index (κ1) is 16.7. The van der Waals surface area contributed by atoms with Gasteiger partial charge in [0.25, 0.3) is 5.91 Å². The van der Waals surface area contributed by atoms with Crippen molar-refractivity contribution in [2.45, 2.75) is 0 Å². The van der Waals surface area contributed by atoms with Gasteiger partial charge >= 0.3 is 0 Å². The number of hydrogen-bond acceptors (Lipinski definition) is 4. The molecule has 0 aromatic heterocycles. The topological polar surface area (TPSA) is 85.9 Å². The van der Waals surface area contributed by atoms with Gasteiger partial charge in [-0.05, 0) is 35.9 Å². The Morgan fingerprint density at radius 1 is 1.17 bits per heavy atom. The lowest BCUT2D eigenvalue weighted by molar-refractivity contribution is -0.112. The van der Waals surface area contributed by atoms with Crippen molar-refractivity contribution in [3.05, 3.63) is 65.5 Å². The summed E-state index contributed by atoms with van der Waals surface area (Å²) in [5.41, 5.74) is 0.437. The number of benzene rings is 2. The van der Waals surface area contributed by atoms with E-state index >= 15 is 0 Å². The average molecular weight is 321 g/mol. The molecule has 0 radical (unpaired) electrons. The van der Waals surface area contributed by atoms with Gasteiger partial charge < -0.3 is 10.1 Å². The van der Waals surface area contributed by atoms with E-state index in [1.54, 1.807) is 36.4 Å². The van der Waals surface area contributed by atoms with Gasteiger partial charge in [0.05, 0.1) is 5.69 Å². The summed E-state index contributed by atoms with van der Waals surface area (Å²) in [6.45, 7) is -0.0658. The number of carbonyl (C=O) groups excluding carboxylic acids is 1. The molecule has 0 spiro atoms. The van der Waals surface area contributed by atoms with E-state index in [0.717, 1.165) is 0 Å². The van der Waals surface area contributed by atoms with Crippen LogP contribution in [-0.4, -0.2) is 12.5 Å². The number of carbonyl (C=O) groups is 1. The van der Waals surface area contributed by atoms with E-state index in [1.165, 1.54) is 24.3 Å². The highest BCUT2D eigenvalue weighted by Gasteiger charge is 2.11. The van der Waals surface area contributed by atoms with Gasteiger partial charge in [0, 0.05) is 0 Å². The second-order valence-corrected chi connectivity index (χ2v) is 4.62. The fraction of sp³-hybridized carbons (Fsp3) is 0.0556. The molecule has 1 amide bonds. The first-order chi connectivity index (χ1) is 11.6. The molecule has 0 unspecified atom stereocenters. The maximum Gasteiger partial charge on any atom is 0.266 e. The summed E-state index contributed by atoms with van der Waals surface area (Å²) in [5, 5.41) is 19.9. The van der Waals surface area contributed by atoms with Crippen molar-refractivity contribution >= 4 is 17.7 Å². The Morgan fingerprint density at radius 2 is 1.88 bits per heavy atom. The molecule has 0 aliphatic heterocycles. The van der Waals surface area contributed by atoms with E-state index < -0.39 is 11.7 Å². The van der Waals surface area contributed by atoms with E-state index in [-0.39, 0.29) is 17.9 Å². The van der Waals surface area contributed by atoms with Crippen LogP contribution in [0.5, 0.6) is 5.75 Å². The molecule has 2 aromatic rings. The van der Waals surface area contributed by atoms with Crippen LogP contribution in [0.25, 0.3) is 6.08 Å². The molecule has 0 fully saturated rings. The zero-order chi connectivity index (χ0) is 17.4. The zero-order valence-electron chi connectivity index (χ0n) is 12.5. The Morgan fingerprint density at radius 3 is 2.50 bits per heavy atom. The predicted molar refractivity (Wildman–Crippen MR) is 86.2 cm³/mol. The smallest absolute Gasteiger partial charge is 0.266 e. The van der Waals surface area contributed by atoms with Crippen molar-refractivity contribution in [1.29, 1.82) is 10.5 Å². The molecule has 0 aliphatic carbocycles. The van der Waals surface area contributed by atoms with Crippen LogP contribution in [0.4, 0.5) is 10.1 Å². The first-order valence-electron chi connectivity index (χ1n) is 6.91. The normalized spacial score (nSPS) is 10.4. The van der Waals surface area contributed by atoms with E-state index in [1.807, 2.05) is 6.07 Å². The number of anilines is 1. The Balaban J connectivity index is 2.14. The number of nitrogens with zero attached hydrogens (tertiary/aromatic N) is 2. The minimum atomic E-state index is -0.701. The number of nitriles is 2. The van der Waals surface area contributed by atoms with E-state index in [9.17, 15) is 9.18 Å². The van der Waals surface area contributed by atoms with Crippen LogP contribution in [0.2, 0.25) is 0 Å². The van der Waals surface area contributed by atoms with E-state index in [0.29, 0.717) is 11.3 Å². The predicted octanol–water partition coefficient (Wildman–Crippen LogP) is 3.27. The highest BCUT2D eigenvalue weighted by atomic mass is 19.1. The third kappa shape index (κ3) is 4.43. The second-order valence-electron chi connectivity index (χ2n) is 4.62. The molecule has 0 aliphatic rings. The molecule has 0 saturated carbocycles. The van der Waals surface area contributed by atoms with Crippen LogP contribution in [0, 0.1) is 28.5 Å². The molecule has 2 aromatic carbocycles. The molecule has 0 atom stereocenters. The molecule has 5 nitrogen and oxygen atoms in total. The van der Waals surface area contributed by atoms with Gasteiger partial charge in [0.15, 0.2) is 6.61 Å². The molecular formula is C18H12FN3O2. The van der Waals surface area contributed by atoms with Crippen molar-refractivity contribution in [2.24, 2.45) is 0 Å². The quantitative estimate of drug-likeness (QED) is 0.676. The summed E-state index contributed by atoms with van der Waals surface area (Å²) in [7, 11) is 0. The van der Waals surface area contributed by atoms with Gasteiger partial charge in [-0.15, -0.1) is 0 Å². The number of para-hydroxylation sites is 1. The third-order valence-corrected chi connectivity index (χ3v) is 2.98. The fourth-order valence-electron chi connectivity index (χ4n) is 1.84. The summed E-state index contributed by atoms with van der Waals surface area (Å²) < 4.78 is 18.6. The van der Waals surface area contributed by atoms with Crippen molar-refractivity contribution in [1.82, 2.24) is 0 Å². The highest BCUT2D eigenvalue weighted by Crippen LogP contribution is 2.17. The summed E-state index contributed by atoms with van der Waals surface area (Å²) in [6.07, 6.45) is 1.38. The molecule has 0 bridgehead atoms. The fourth-order valence-corrected chi connectivity index (χ4v) is 1.84. The molecule has 0 saturated heterocycles. The van der Waals surface area contributed by atoms with Gasteiger partial charge in [-0.1, -0.05) is 24.3 Å². The molecule has 1 N–H and O–H groups in total. The Bertz CT molecular complexity index is 846. The SMILES string of the molecule is N#CCOc1ccc(/C=C(\C#N)C(=O)Nc2ccccc2F)cc1. The monoisotopic (exact) mass is 321 g/mol. The van der Waals surface area contributed by atoms with Crippen molar-refractivity contribution in [3.63, 3.8) is 0 Å². The zero-order valence-corrected chi connectivity index (χ0v) is 12.5. The number of rotatable bonds is 5. The van der Waals surface area contributed by atoms with Crippen molar-refractivity contribution in [2.75, 3.05) is 11.9 Å². The van der Waals surface area contributed by atoms with Crippen LogP contribution in [0.1, 0.15) is 5.56 Å². The van der Waals surface area contributed by atoms with Gasteiger partial charge in [-0.3, -0.25) is 4.79 Å². The van der Waals surface area contributed by atoms with E-state index in [2.05, 4.69) is 5.32 Å². The molecule has 2 rings (SSSR count). The van der Waals surface area contributed by atoms with Gasteiger partial charge in [-0.25, -0.2) is 4.39 Å². The van der Waals surface area contributed by atoms with Gasteiger partial charge in [-0.2, -0.15) is 10.5 Å². The summed E-state index contributed by atoms with van der Waals surface area (Å²) >= 11 is 0. The maximum absolute atomic E-state index is 13.5. The summed E-state index contributed by atoms with van der Waals surface area (Å²) in [5.74, 6) is -0.780. The van der Waals surface area contributed by atoms with Crippen molar-refractivity contribution < 1.29 is 13.9 Å². The Labute approximate surface area is 138 Å². The van der Waals surface area contributed by atoms with Crippen molar-refractivity contribution in [3.8, 4) is 17.9 Å². The maximum atomic E-state index is 13.5. The lowest BCUT2D eigenvalue weighted by Gasteiger charge is -2.05. The molecule has 6 heteroatoms. The number of ether oxygens (including phenoxy) is 1. The highest BCUT2D eigenvalue weighted by molar-refractivity contribution is 6.09. The summed E-state index contributed by atoms with van der Waals surface area (Å²) in [4.78, 5) is 12.1. The Hall–Kier alpha value is -3.64. The average Bonchev–Trinajstić information content (AvgIpc) is 2.60. The Kier molecular flexibility index (Phi) is 5.65. The lowest BCUT2D eigenvalue weighted by atomic mass is 10.1. The van der Waals surface area contributed by atoms with Crippen LogP contribution in [-0.2, 0) is 4.79 Å². The number of halogens is 1. The van der Waals surface area contributed by atoms with Crippen LogP contribution in [0.15, 0.2) is 54.1 Å². The number of amides is 1. The molecule has 24 heavy (non-hydrogen) atoms. The van der Waals surface area contributed by atoms with E-state index in [4.69, 9.17) is 15.3 Å². The first-order valence-corrected chi connectivity index (χ1v) is 6.91. The second kappa shape index (κ2) is 8.11. The minimum Gasteiger partial charge on any atom is -0.479 e. The largest absolute Gasteiger partial charge is 0.479 e. The van der Waals surface area contributed by atoms with Gasteiger partial charge in [0.2, 0.25) is 0 Å². The molecule has 118 valence electrons. The number of hydrogen-bond donors (Lipinski definition) is 1. The lowest BCUT2D eigenvalue weighted by Crippen LogP contribution is -2.14. The number of nitrogens with one attached hydrogen (secondary N) is 1. The minimum absolute atomic E-state index is 0.00361. The van der Waals surface area contributed by atoms with Crippen LogP contribution >= 0.6 is 0 Å². The van der Waals surface area contributed by atoms with Crippen LogP contribution in [0.3, 0.4) is 0 Å². The summed E-state index contributed by atoms with van der Waals surface area (Å²) in [6, 6.07) is 15.9. The molecular weight excluding hydrogens is 309 g/mol. The standard InChI is InChI=1S/C18H12FN3O2/c19-16-3-1-2-4-17(16)22-18(23)14(12-21)11-13-5-7-15(8-6-13)24-10-9-20/h1-8,11H,10H2,(H,22,23)/b14-11+.